The third-order valence-corrected chi connectivity index (χ3v) is 6.23. The van der Waals surface area contributed by atoms with Crippen LogP contribution in [0.25, 0.3) is 0 Å². The van der Waals surface area contributed by atoms with E-state index in [9.17, 15) is 13.2 Å². The van der Waals surface area contributed by atoms with E-state index in [4.69, 9.17) is 17.3 Å². The molecule has 0 aliphatic heterocycles. The van der Waals surface area contributed by atoms with Gasteiger partial charge in [0.15, 0.2) is 0 Å². The van der Waals surface area contributed by atoms with Crippen LogP contribution in [0.3, 0.4) is 0 Å². The zero-order chi connectivity index (χ0) is 15.6. The summed E-state index contributed by atoms with van der Waals surface area (Å²) >= 11 is 6.90. The number of amides is 1. The molecule has 21 heavy (non-hydrogen) atoms. The summed E-state index contributed by atoms with van der Waals surface area (Å²) in [6.07, 6.45) is 0. The number of primary amides is 1. The van der Waals surface area contributed by atoms with E-state index in [1.807, 2.05) is 0 Å². The second-order valence-corrected chi connectivity index (χ2v) is 8.06. The predicted molar refractivity (Wildman–Crippen MR) is 83.1 cm³/mol. The number of carbonyl (C=O) groups is 1. The third-order valence-electron chi connectivity index (χ3n) is 2.80. The highest BCUT2D eigenvalue weighted by Crippen LogP contribution is 2.29. The Balaban J connectivity index is 2.09. The fourth-order valence-corrected chi connectivity index (χ4v) is 4.37. The highest BCUT2D eigenvalue weighted by Gasteiger charge is 2.18. The van der Waals surface area contributed by atoms with E-state index in [0.717, 1.165) is 22.5 Å². The minimum atomic E-state index is -3.59. The summed E-state index contributed by atoms with van der Waals surface area (Å²) in [5, 5.41) is 0. The number of nitrogens with one attached hydrogen (secondary N) is 1. The van der Waals surface area contributed by atoms with Gasteiger partial charge in [0.25, 0.3) is 0 Å². The van der Waals surface area contributed by atoms with Gasteiger partial charge in [0.2, 0.25) is 15.9 Å². The minimum absolute atomic E-state index is 0.121. The number of sulfonamides is 1. The first-order valence-corrected chi connectivity index (χ1v) is 8.62. The van der Waals surface area contributed by atoms with E-state index in [0.29, 0.717) is 9.90 Å². The lowest BCUT2D eigenvalue weighted by Crippen LogP contribution is -2.22. The van der Waals surface area contributed by atoms with Crippen LogP contribution in [-0.4, -0.2) is 14.3 Å². The van der Waals surface area contributed by atoms with Crippen molar-refractivity contribution in [2.24, 2.45) is 5.73 Å². The zero-order valence-electron chi connectivity index (χ0n) is 11.1. The van der Waals surface area contributed by atoms with E-state index in [1.165, 1.54) is 6.07 Å². The first-order valence-electron chi connectivity index (χ1n) is 5.94. The van der Waals surface area contributed by atoms with Crippen molar-refractivity contribution in [3.8, 4) is 0 Å². The normalized spacial score (nSPS) is 11.5. The maximum atomic E-state index is 12.1. The lowest BCUT2D eigenvalue weighted by atomic mass is 10.1. The maximum absolute atomic E-state index is 12.1. The van der Waals surface area contributed by atoms with Gasteiger partial charge in [-0.2, -0.15) is 0 Å². The number of nitrogens with two attached hydrogens (primary N) is 1. The first-order chi connectivity index (χ1) is 9.79. The summed E-state index contributed by atoms with van der Waals surface area (Å²) in [5.41, 5.74) is 6.97. The van der Waals surface area contributed by atoms with Gasteiger partial charge in [0, 0.05) is 12.1 Å². The second kappa shape index (κ2) is 6.15. The molecule has 0 saturated heterocycles. The van der Waals surface area contributed by atoms with Crippen molar-refractivity contribution in [1.29, 1.82) is 0 Å². The molecule has 112 valence electrons. The summed E-state index contributed by atoms with van der Waals surface area (Å²) in [6, 6.07) is 7.94. The van der Waals surface area contributed by atoms with Gasteiger partial charge in [-0.05, 0) is 36.2 Å². The molecule has 5 nitrogen and oxygen atoms in total. The molecule has 0 bridgehead atoms. The highest BCUT2D eigenvalue weighted by molar-refractivity contribution is 7.91. The SMILES string of the molecule is Cc1cc(S(=O)(=O)NCc2ccc(C(N)=O)cc2)sc1Cl. The number of benzene rings is 1. The number of rotatable bonds is 5. The molecule has 8 heteroatoms. The van der Waals surface area contributed by atoms with Gasteiger partial charge in [0.05, 0.1) is 4.34 Å². The minimum Gasteiger partial charge on any atom is -0.366 e. The molecule has 0 aliphatic carbocycles. The fraction of sp³-hybridized carbons (Fsp3) is 0.154. The Labute approximate surface area is 131 Å². The summed E-state index contributed by atoms with van der Waals surface area (Å²) in [7, 11) is -3.59. The molecule has 0 aliphatic rings. The molecule has 2 aromatic rings. The van der Waals surface area contributed by atoms with Crippen LogP contribution in [0.5, 0.6) is 0 Å². The number of aryl methyl sites for hydroxylation is 1. The van der Waals surface area contributed by atoms with Crippen LogP contribution < -0.4 is 10.5 Å². The standard InChI is InChI=1S/C13H13ClN2O3S2/c1-8-6-11(20-12(8)14)21(18,19)16-7-9-2-4-10(5-3-9)13(15)17/h2-6,16H,7H2,1H3,(H2,15,17). The Kier molecular flexibility index (Phi) is 4.67. The average Bonchev–Trinajstić information content (AvgIpc) is 2.78. The fourth-order valence-electron chi connectivity index (χ4n) is 1.60. The summed E-state index contributed by atoms with van der Waals surface area (Å²) in [5.74, 6) is -0.522. The monoisotopic (exact) mass is 344 g/mol. The maximum Gasteiger partial charge on any atom is 0.250 e. The van der Waals surface area contributed by atoms with Crippen LogP contribution in [0.1, 0.15) is 21.5 Å². The van der Waals surface area contributed by atoms with Crippen molar-refractivity contribution in [3.63, 3.8) is 0 Å². The Morgan fingerprint density at radius 1 is 1.33 bits per heavy atom. The van der Waals surface area contributed by atoms with Crippen molar-refractivity contribution < 1.29 is 13.2 Å². The molecule has 0 radical (unpaired) electrons. The zero-order valence-corrected chi connectivity index (χ0v) is 13.5. The molecular formula is C13H13ClN2O3S2. The molecule has 1 aromatic heterocycles. The average molecular weight is 345 g/mol. The van der Waals surface area contributed by atoms with Crippen LogP contribution in [-0.2, 0) is 16.6 Å². The van der Waals surface area contributed by atoms with Crippen LogP contribution in [0.2, 0.25) is 4.34 Å². The highest BCUT2D eigenvalue weighted by atomic mass is 35.5. The number of hydrogen-bond donors (Lipinski definition) is 2. The van der Waals surface area contributed by atoms with Gasteiger partial charge in [-0.15, -0.1) is 11.3 Å². The van der Waals surface area contributed by atoms with E-state index < -0.39 is 15.9 Å². The molecule has 0 fully saturated rings. The molecular weight excluding hydrogens is 332 g/mol. The van der Waals surface area contributed by atoms with Gasteiger partial charge in [-0.25, -0.2) is 13.1 Å². The Morgan fingerprint density at radius 2 is 1.95 bits per heavy atom. The first kappa shape index (κ1) is 16.0. The van der Waals surface area contributed by atoms with Crippen molar-refractivity contribution in [3.05, 3.63) is 51.4 Å². The summed E-state index contributed by atoms with van der Waals surface area (Å²) in [4.78, 5) is 10.9. The van der Waals surface area contributed by atoms with Crippen molar-refractivity contribution in [1.82, 2.24) is 4.72 Å². The Bertz CT molecular complexity index is 748. The summed E-state index contributed by atoms with van der Waals surface area (Å²) < 4.78 is 27.4. The molecule has 1 amide bonds. The third kappa shape index (κ3) is 3.82. The molecule has 0 spiro atoms. The molecule has 1 heterocycles. The van der Waals surface area contributed by atoms with Gasteiger partial charge in [-0.1, -0.05) is 23.7 Å². The molecule has 1 aromatic carbocycles. The molecule has 2 rings (SSSR count). The van der Waals surface area contributed by atoms with Gasteiger partial charge in [0.1, 0.15) is 4.21 Å². The topological polar surface area (TPSA) is 89.3 Å². The summed E-state index contributed by atoms with van der Waals surface area (Å²) in [6.45, 7) is 1.87. The molecule has 0 saturated carbocycles. The second-order valence-electron chi connectivity index (χ2n) is 4.41. The van der Waals surface area contributed by atoms with Crippen LogP contribution in [0.15, 0.2) is 34.5 Å². The van der Waals surface area contributed by atoms with E-state index >= 15 is 0 Å². The van der Waals surface area contributed by atoms with Crippen molar-refractivity contribution in [2.75, 3.05) is 0 Å². The predicted octanol–water partition coefficient (Wildman–Crippen LogP) is 2.29. The van der Waals surface area contributed by atoms with E-state index in [1.54, 1.807) is 31.2 Å². The van der Waals surface area contributed by atoms with Crippen LogP contribution in [0, 0.1) is 6.92 Å². The number of halogens is 1. The lowest BCUT2D eigenvalue weighted by Gasteiger charge is -2.05. The van der Waals surface area contributed by atoms with Gasteiger partial charge >= 0.3 is 0 Å². The van der Waals surface area contributed by atoms with Crippen molar-refractivity contribution >= 4 is 38.9 Å². The number of hydrogen-bond acceptors (Lipinski definition) is 4. The Hall–Kier alpha value is -1.41. The van der Waals surface area contributed by atoms with Gasteiger partial charge < -0.3 is 5.73 Å². The van der Waals surface area contributed by atoms with Crippen molar-refractivity contribution in [2.45, 2.75) is 17.7 Å². The Morgan fingerprint density at radius 3 is 2.43 bits per heavy atom. The smallest absolute Gasteiger partial charge is 0.250 e. The molecule has 3 N–H and O–H groups in total. The molecule has 0 atom stereocenters. The number of thiophene rings is 1. The molecule has 0 unspecified atom stereocenters. The van der Waals surface area contributed by atoms with E-state index in [-0.39, 0.29) is 10.8 Å². The van der Waals surface area contributed by atoms with Gasteiger partial charge in [-0.3, -0.25) is 4.79 Å². The lowest BCUT2D eigenvalue weighted by molar-refractivity contribution is 0.100. The van der Waals surface area contributed by atoms with Crippen LogP contribution in [0.4, 0.5) is 0 Å². The van der Waals surface area contributed by atoms with E-state index in [2.05, 4.69) is 4.72 Å². The quantitative estimate of drug-likeness (QED) is 0.872. The largest absolute Gasteiger partial charge is 0.366 e. The van der Waals surface area contributed by atoms with Crippen LogP contribution >= 0.6 is 22.9 Å². The number of carbonyl (C=O) groups excluding carboxylic acids is 1.